The molecule has 1 heterocycles. The third-order valence-electron chi connectivity index (χ3n) is 4.87. The highest BCUT2D eigenvalue weighted by Gasteiger charge is 2.14. The van der Waals surface area contributed by atoms with Gasteiger partial charge in [-0.1, -0.05) is 25.1 Å². The molecule has 32 heavy (non-hydrogen) atoms. The minimum Gasteiger partial charge on any atom is -0.342 e. The molecule has 4 rings (SSSR count). The molecule has 7 nitrogen and oxygen atoms in total. The number of aromatic nitrogens is 2. The Hall–Kier alpha value is -3.56. The molecule has 1 amide bonds. The third-order valence-corrected chi connectivity index (χ3v) is 6.43. The first-order valence-corrected chi connectivity index (χ1v) is 11.5. The van der Waals surface area contributed by atoms with Crippen LogP contribution in [0.4, 0.5) is 10.1 Å². The molecule has 4 aromatic rings. The van der Waals surface area contributed by atoms with Crippen LogP contribution in [-0.2, 0) is 16.4 Å². The van der Waals surface area contributed by atoms with Crippen molar-refractivity contribution in [3.63, 3.8) is 0 Å². The molecule has 0 aliphatic rings. The number of sulfonamides is 1. The summed E-state index contributed by atoms with van der Waals surface area (Å²) in [6, 6.07) is 17.5. The fraction of sp³-hybridized carbons (Fsp3) is 0.130. The summed E-state index contributed by atoms with van der Waals surface area (Å²) in [7, 11) is -3.58. The zero-order chi connectivity index (χ0) is 22.7. The van der Waals surface area contributed by atoms with Crippen molar-refractivity contribution < 1.29 is 17.6 Å². The van der Waals surface area contributed by atoms with Crippen LogP contribution in [0.5, 0.6) is 0 Å². The summed E-state index contributed by atoms with van der Waals surface area (Å²) in [5, 5.41) is 2.79. The number of nitrogens with one attached hydrogen (secondary N) is 3. The Labute approximate surface area is 184 Å². The highest BCUT2D eigenvalue weighted by molar-refractivity contribution is 7.89. The van der Waals surface area contributed by atoms with Gasteiger partial charge in [-0.05, 0) is 54.1 Å². The number of H-pyrrole nitrogens is 1. The fourth-order valence-corrected chi connectivity index (χ4v) is 4.35. The van der Waals surface area contributed by atoms with Crippen LogP contribution in [-0.4, -0.2) is 30.8 Å². The smallest absolute Gasteiger partial charge is 0.255 e. The molecule has 0 bridgehead atoms. The van der Waals surface area contributed by atoms with Crippen LogP contribution in [0.1, 0.15) is 28.7 Å². The number of imidazole rings is 1. The van der Waals surface area contributed by atoms with Crippen LogP contribution < -0.4 is 10.0 Å². The molecule has 9 heteroatoms. The maximum atomic E-state index is 13.9. The van der Waals surface area contributed by atoms with E-state index in [0.717, 1.165) is 0 Å². The second-order valence-electron chi connectivity index (χ2n) is 7.16. The van der Waals surface area contributed by atoms with E-state index >= 15 is 0 Å². The highest BCUT2D eigenvalue weighted by atomic mass is 32.2. The highest BCUT2D eigenvalue weighted by Crippen LogP contribution is 2.20. The predicted octanol–water partition coefficient (Wildman–Crippen LogP) is 3.84. The number of aromatic amines is 1. The van der Waals surface area contributed by atoms with Gasteiger partial charge in [0.05, 0.1) is 15.9 Å². The van der Waals surface area contributed by atoms with Gasteiger partial charge in [-0.15, -0.1) is 0 Å². The summed E-state index contributed by atoms with van der Waals surface area (Å²) in [5.74, 6) is -0.0425. The number of fused-ring (bicyclic) bond motifs is 1. The first-order chi connectivity index (χ1) is 15.4. The number of hydrogen-bond acceptors (Lipinski definition) is 4. The van der Waals surface area contributed by atoms with E-state index in [9.17, 15) is 17.6 Å². The van der Waals surface area contributed by atoms with E-state index in [4.69, 9.17) is 0 Å². The van der Waals surface area contributed by atoms with E-state index in [1.807, 2.05) is 0 Å². The quantitative estimate of drug-likeness (QED) is 0.396. The van der Waals surface area contributed by atoms with E-state index in [-0.39, 0.29) is 23.2 Å². The van der Waals surface area contributed by atoms with Crippen molar-refractivity contribution in [3.8, 4) is 0 Å². The lowest BCUT2D eigenvalue weighted by Gasteiger charge is -2.07. The first-order valence-electron chi connectivity index (χ1n) is 9.99. The summed E-state index contributed by atoms with van der Waals surface area (Å²) < 4.78 is 40.4. The molecule has 0 aliphatic carbocycles. The summed E-state index contributed by atoms with van der Waals surface area (Å²) in [6.45, 7) is 1.97. The van der Waals surface area contributed by atoms with Gasteiger partial charge in [0.15, 0.2) is 0 Å². The molecule has 0 unspecified atom stereocenters. The Morgan fingerprint density at radius 3 is 2.53 bits per heavy atom. The molecule has 0 atom stereocenters. The molecule has 0 spiro atoms. The lowest BCUT2D eigenvalue weighted by Crippen LogP contribution is -2.23. The monoisotopic (exact) mass is 452 g/mol. The number of amides is 1. The summed E-state index contributed by atoms with van der Waals surface area (Å²) >= 11 is 0. The average Bonchev–Trinajstić information content (AvgIpc) is 3.17. The van der Waals surface area contributed by atoms with E-state index in [0.29, 0.717) is 40.1 Å². The largest absolute Gasteiger partial charge is 0.342 e. The van der Waals surface area contributed by atoms with Crippen molar-refractivity contribution in [2.45, 2.75) is 18.2 Å². The van der Waals surface area contributed by atoms with E-state index in [2.05, 4.69) is 20.0 Å². The number of nitrogens with zero attached hydrogens (tertiary/aromatic N) is 1. The van der Waals surface area contributed by atoms with Crippen molar-refractivity contribution in [1.29, 1.82) is 0 Å². The molecule has 0 saturated heterocycles. The Morgan fingerprint density at radius 1 is 1.06 bits per heavy atom. The molecule has 0 fully saturated rings. The molecule has 1 aromatic heterocycles. The van der Waals surface area contributed by atoms with Gasteiger partial charge in [0, 0.05) is 24.2 Å². The van der Waals surface area contributed by atoms with Gasteiger partial charge in [0.2, 0.25) is 10.0 Å². The third kappa shape index (κ3) is 4.68. The molecular weight excluding hydrogens is 431 g/mol. The van der Waals surface area contributed by atoms with Crippen LogP contribution in [0.25, 0.3) is 11.0 Å². The van der Waals surface area contributed by atoms with Crippen LogP contribution in [0.3, 0.4) is 0 Å². The molecule has 0 saturated carbocycles. The molecule has 3 aromatic carbocycles. The first kappa shape index (κ1) is 21.7. The number of carbonyl (C=O) groups is 1. The average molecular weight is 453 g/mol. The van der Waals surface area contributed by atoms with Gasteiger partial charge in [-0.3, -0.25) is 4.79 Å². The van der Waals surface area contributed by atoms with Crippen molar-refractivity contribution in [1.82, 2.24) is 14.7 Å². The topological polar surface area (TPSA) is 104 Å². The van der Waals surface area contributed by atoms with Crippen LogP contribution in [0.2, 0.25) is 0 Å². The summed E-state index contributed by atoms with van der Waals surface area (Å²) in [6.07, 6.45) is 0.325. The van der Waals surface area contributed by atoms with Gasteiger partial charge < -0.3 is 10.3 Å². The number of carbonyl (C=O) groups excluding carboxylic acids is 1. The minimum absolute atomic E-state index is 0.0946. The zero-order valence-electron chi connectivity index (χ0n) is 17.2. The second-order valence-corrected chi connectivity index (χ2v) is 8.93. The van der Waals surface area contributed by atoms with Crippen LogP contribution in [0, 0.1) is 5.82 Å². The Morgan fingerprint density at radius 2 is 1.81 bits per heavy atom. The maximum Gasteiger partial charge on any atom is 0.255 e. The Kier molecular flexibility index (Phi) is 6.02. The van der Waals surface area contributed by atoms with E-state index in [1.165, 1.54) is 30.3 Å². The van der Waals surface area contributed by atoms with Crippen molar-refractivity contribution in [2.24, 2.45) is 0 Å². The second kappa shape index (κ2) is 8.89. The lowest BCUT2D eigenvalue weighted by atomic mass is 10.1. The van der Waals surface area contributed by atoms with Crippen LogP contribution in [0.15, 0.2) is 71.6 Å². The van der Waals surface area contributed by atoms with E-state index in [1.54, 1.807) is 43.3 Å². The predicted molar refractivity (Wildman–Crippen MR) is 121 cm³/mol. The SMILES string of the molecule is CCNS(=O)(=O)c1ccc(C(=O)Nc2ccc3nc(Cc4ccccc4F)[nH]c3c2)cc1. The summed E-state index contributed by atoms with van der Waals surface area (Å²) in [4.78, 5) is 20.3. The molecule has 0 radical (unpaired) electrons. The van der Waals surface area contributed by atoms with Gasteiger partial charge in [-0.2, -0.15) is 0 Å². The molecular formula is C23H21FN4O3S. The van der Waals surface area contributed by atoms with Crippen molar-refractivity contribution in [2.75, 3.05) is 11.9 Å². The standard InChI is InChI=1S/C23H21FN4O3S/c1-2-25-32(30,31)18-10-7-15(8-11-18)23(29)26-17-9-12-20-21(14-17)28-22(27-20)13-16-5-3-4-6-19(16)24/h3-12,14,25H,2,13H2,1H3,(H,26,29)(H,27,28). The lowest BCUT2D eigenvalue weighted by molar-refractivity contribution is 0.102. The molecule has 164 valence electrons. The zero-order valence-corrected chi connectivity index (χ0v) is 18.0. The minimum atomic E-state index is -3.58. The van der Waals surface area contributed by atoms with E-state index < -0.39 is 10.0 Å². The van der Waals surface area contributed by atoms with Gasteiger partial charge in [0.1, 0.15) is 11.6 Å². The fourth-order valence-electron chi connectivity index (χ4n) is 3.31. The van der Waals surface area contributed by atoms with Gasteiger partial charge in [0.25, 0.3) is 5.91 Å². The molecule has 3 N–H and O–H groups in total. The normalized spacial score (nSPS) is 11.6. The number of anilines is 1. The van der Waals surface area contributed by atoms with Crippen molar-refractivity contribution >= 4 is 32.7 Å². The summed E-state index contributed by atoms with van der Waals surface area (Å²) in [5.41, 5.74) is 2.83. The van der Waals surface area contributed by atoms with Crippen LogP contribution >= 0.6 is 0 Å². The Balaban J connectivity index is 1.49. The Bertz CT molecular complexity index is 1380. The molecule has 0 aliphatic heterocycles. The maximum absolute atomic E-state index is 13.9. The number of halogens is 1. The number of rotatable bonds is 7. The van der Waals surface area contributed by atoms with Gasteiger partial charge in [-0.25, -0.2) is 22.5 Å². The number of hydrogen-bond donors (Lipinski definition) is 3. The number of benzene rings is 3. The van der Waals surface area contributed by atoms with Crippen molar-refractivity contribution in [3.05, 3.63) is 89.5 Å². The van der Waals surface area contributed by atoms with Gasteiger partial charge >= 0.3 is 0 Å².